The van der Waals surface area contributed by atoms with Gasteiger partial charge in [-0.15, -0.1) is 0 Å². The summed E-state index contributed by atoms with van der Waals surface area (Å²) < 4.78 is 5.28. The SMILES string of the molecule is CCC[C@](C)(NC(=O)[C@@H](N)CCCCOC(=O)c1ccccc1)C(=O)N[C@@H](CC1CCCCC1)C(=O)N1CCC[C@@H]1C(=O)O. The lowest BCUT2D eigenvalue weighted by molar-refractivity contribution is -0.150. The highest BCUT2D eigenvalue weighted by molar-refractivity contribution is 5.96. The number of carbonyl (C=O) groups excluding carboxylic acids is 4. The maximum atomic E-state index is 13.8. The molecule has 0 bridgehead atoms. The molecule has 4 atom stereocenters. The summed E-state index contributed by atoms with van der Waals surface area (Å²) in [7, 11) is 0. The van der Waals surface area contributed by atoms with Gasteiger partial charge in [-0.2, -0.15) is 0 Å². The number of esters is 1. The summed E-state index contributed by atoms with van der Waals surface area (Å²) >= 11 is 0. The number of ether oxygens (including phenoxy) is 1. The number of carbonyl (C=O) groups is 5. The number of benzene rings is 1. The number of hydrogen-bond acceptors (Lipinski definition) is 7. The fraction of sp³-hybridized carbons (Fsp3) is 0.667. The Bertz CT molecular complexity index is 1120. The van der Waals surface area contributed by atoms with Gasteiger partial charge in [0.05, 0.1) is 18.2 Å². The molecule has 1 aromatic rings. The van der Waals surface area contributed by atoms with E-state index in [0.717, 1.165) is 32.1 Å². The van der Waals surface area contributed by atoms with Crippen LogP contribution < -0.4 is 16.4 Å². The lowest BCUT2D eigenvalue weighted by Gasteiger charge is -2.35. The number of nitrogens with one attached hydrogen (secondary N) is 2. The van der Waals surface area contributed by atoms with Gasteiger partial charge in [-0.25, -0.2) is 9.59 Å². The van der Waals surface area contributed by atoms with E-state index in [-0.39, 0.29) is 18.4 Å². The van der Waals surface area contributed by atoms with Crippen LogP contribution in [0.15, 0.2) is 30.3 Å². The predicted octanol–water partition coefficient (Wildman–Crippen LogP) is 3.55. The maximum absolute atomic E-state index is 13.8. The highest BCUT2D eigenvalue weighted by atomic mass is 16.5. The van der Waals surface area contributed by atoms with Gasteiger partial charge in [0.25, 0.3) is 0 Å². The second-order valence-electron chi connectivity index (χ2n) is 12.5. The summed E-state index contributed by atoms with van der Waals surface area (Å²) in [5, 5.41) is 15.4. The van der Waals surface area contributed by atoms with Crippen molar-refractivity contribution in [2.24, 2.45) is 11.7 Å². The fourth-order valence-corrected chi connectivity index (χ4v) is 6.30. The van der Waals surface area contributed by atoms with E-state index < -0.39 is 47.4 Å². The minimum absolute atomic E-state index is 0.203. The van der Waals surface area contributed by atoms with Crippen molar-refractivity contribution >= 4 is 29.7 Å². The first-order valence-electron chi connectivity index (χ1n) is 16.2. The van der Waals surface area contributed by atoms with E-state index in [2.05, 4.69) is 10.6 Å². The molecule has 11 nitrogen and oxygen atoms in total. The molecule has 1 saturated carbocycles. The van der Waals surface area contributed by atoms with E-state index >= 15 is 0 Å². The zero-order valence-corrected chi connectivity index (χ0v) is 26.2. The Labute approximate surface area is 260 Å². The van der Waals surface area contributed by atoms with Crippen molar-refractivity contribution in [3.63, 3.8) is 0 Å². The van der Waals surface area contributed by atoms with Crippen LogP contribution in [0.1, 0.15) is 108 Å². The first kappa shape index (κ1) is 35.0. The van der Waals surface area contributed by atoms with Gasteiger partial charge in [-0.3, -0.25) is 14.4 Å². The number of unbranched alkanes of at least 4 members (excludes halogenated alkanes) is 1. The Balaban J connectivity index is 1.58. The molecule has 0 radical (unpaired) electrons. The Kier molecular flexibility index (Phi) is 13.6. The highest BCUT2D eigenvalue weighted by Crippen LogP contribution is 2.29. The van der Waals surface area contributed by atoms with Crippen molar-refractivity contribution in [3.05, 3.63) is 35.9 Å². The van der Waals surface area contributed by atoms with Crippen LogP contribution >= 0.6 is 0 Å². The first-order chi connectivity index (χ1) is 21.1. The molecular formula is C33H50N4O7. The van der Waals surface area contributed by atoms with Gasteiger partial charge in [-0.1, -0.05) is 63.6 Å². The Morgan fingerprint density at radius 3 is 2.41 bits per heavy atom. The third-order valence-corrected chi connectivity index (χ3v) is 8.86. The average Bonchev–Trinajstić information content (AvgIpc) is 3.51. The molecule has 2 aliphatic rings. The van der Waals surface area contributed by atoms with E-state index in [1.807, 2.05) is 13.0 Å². The maximum Gasteiger partial charge on any atom is 0.338 e. The number of nitrogens with two attached hydrogens (primary N) is 1. The second-order valence-corrected chi connectivity index (χ2v) is 12.5. The molecule has 1 aliphatic heterocycles. The van der Waals surface area contributed by atoms with Gasteiger partial charge in [0, 0.05) is 6.54 Å². The van der Waals surface area contributed by atoms with Crippen LogP contribution in [0.4, 0.5) is 0 Å². The summed E-state index contributed by atoms with van der Waals surface area (Å²) in [6.45, 7) is 4.09. The first-order valence-corrected chi connectivity index (χ1v) is 16.2. The zero-order valence-electron chi connectivity index (χ0n) is 26.2. The monoisotopic (exact) mass is 614 g/mol. The zero-order chi connectivity index (χ0) is 32.1. The number of nitrogens with zero attached hydrogens (tertiary/aromatic N) is 1. The molecule has 1 aliphatic carbocycles. The Hall–Kier alpha value is -3.47. The van der Waals surface area contributed by atoms with Gasteiger partial charge in [0.1, 0.15) is 17.6 Å². The lowest BCUT2D eigenvalue weighted by atomic mass is 9.84. The van der Waals surface area contributed by atoms with Crippen LogP contribution in [0.2, 0.25) is 0 Å². The van der Waals surface area contributed by atoms with Gasteiger partial charge in [-0.05, 0) is 69.9 Å². The number of carboxylic acids is 1. The molecule has 0 spiro atoms. The van der Waals surface area contributed by atoms with Gasteiger partial charge >= 0.3 is 11.9 Å². The van der Waals surface area contributed by atoms with Crippen LogP contribution in [-0.2, 0) is 23.9 Å². The molecular weight excluding hydrogens is 564 g/mol. The normalized spacial score (nSPS) is 19.8. The molecule has 44 heavy (non-hydrogen) atoms. The number of likely N-dealkylation sites (tertiary alicyclic amines) is 1. The summed E-state index contributed by atoms with van der Waals surface area (Å²) in [5.41, 5.74) is 5.35. The van der Waals surface area contributed by atoms with Crippen LogP contribution in [-0.4, -0.2) is 76.5 Å². The third kappa shape index (κ3) is 10.0. The summed E-state index contributed by atoms with van der Waals surface area (Å²) in [6.07, 6.45) is 8.99. The number of hydrogen-bond donors (Lipinski definition) is 4. The topological polar surface area (TPSA) is 168 Å². The summed E-state index contributed by atoms with van der Waals surface area (Å²) in [6, 6.07) is 6.07. The largest absolute Gasteiger partial charge is 0.480 e. The molecule has 3 amide bonds. The van der Waals surface area contributed by atoms with Crippen molar-refractivity contribution in [1.82, 2.24) is 15.5 Å². The smallest absolute Gasteiger partial charge is 0.338 e. The van der Waals surface area contributed by atoms with Crippen LogP contribution in [0, 0.1) is 5.92 Å². The van der Waals surface area contributed by atoms with Crippen molar-refractivity contribution < 1.29 is 33.8 Å². The molecule has 0 aromatic heterocycles. The molecule has 1 saturated heterocycles. The van der Waals surface area contributed by atoms with Crippen LogP contribution in [0.5, 0.6) is 0 Å². The van der Waals surface area contributed by atoms with Crippen molar-refractivity contribution in [1.29, 1.82) is 0 Å². The predicted molar refractivity (Wildman–Crippen MR) is 166 cm³/mol. The molecule has 2 fully saturated rings. The summed E-state index contributed by atoms with van der Waals surface area (Å²) in [4.78, 5) is 65.9. The molecule has 11 heteroatoms. The third-order valence-electron chi connectivity index (χ3n) is 8.86. The van der Waals surface area contributed by atoms with E-state index in [1.165, 1.54) is 4.90 Å². The second kappa shape index (κ2) is 17.1. The standard InChI is InChI=1S/C33H50N4O7/c1-3-19-33(2,36-28(38)25(34)17-10-11-21-44-31(42)24-15-8-5-9-16-24)32(43)35-26(22-23-13-6-4-7-14-23)29(39)37-20-12-18-27(37)30(40)41/h5,8-9,15-16,23,25-27H,3-4,6-7,10-14,17-22,34H2,1-2H3,(H,35,43)(H,36,38)(H,40,41)/t25-,26-,27+,33-/m0/s1. The highest BCUT2D eigenvalue weighted by Gasteiger charge is 2.41. The number of rotatable bonds is 16. The van der Waals surface area contributed by atoms with Gasteiger partial charge < -0.3 is 31.1 Å². The van der Waals surface area contributed by atoms with E-state index in [0.29, 0.717) is 63.5 Å². The van der Waals surface area contributed by atoms with E-state index in [9.17, 15) is 29.1 Å². The van der Waals surface area contributed by atoms with E-state index in [1.54, 1.807) is 31.2 Å². The molecule has 5 N–H and O–H groups in total. The van der Waals surface area contributed by atoms with Crippen molar-refractivity contribution in [3.8, 4) is 0 Å². The van der Waals surface area contributed by atoms with Gasteiger partial charge in [0.2, 0.25) is 17.7 Å². The van der Waals surface area contributed by atoms with Gasteiger partial charge in [0.15, 0.2) is 0 Å². The fourth-order valence-electron chi connectivity index (χ4n) is 6.30. The van der Waals surface area contributed by atoms with Crippen molar-refractivity contribution in [2.45, 2.75) is 121 Å². The lowest BCUT2D eigenvalue weighted by Crippen LogP contribution is -2.63. The molecule has 1 aromatic carbocycles. The van der Waals surface area contributed by atoms with Crippen LogP contribution in [0.25, 0.3) is 0 Å². The minimum Gasteiger partial charge on any atom is -0.480 e. The number of amides is 3. The number of aliphatic carboxylic acids is 1. The Morgan fingerprint density at radius 2 is 1.75 bits per heavy atom. The van der Waals surface area contributed by atoms with Crippen LogP contribution in [0.3, 0.4) is 0 Å². The molecule has 244 valence electrons. The minimum atomic E-state index is -1.31. The van der Waals surface area contributed by atoms with E-state index in [4.69, 9.17) is 10.5 Å². The molecule has 1 heterocycles. The number of carboxylic acid groups (broad SMARTS) is 1. The van der Waals surface area contributed by atoms with Crippen molar-refractivity contribution in [2.75, 3.05) is 13.2 Å². The Morgan fingerprint density at radius 1 is 1.05 bits per heavy atom. The molecule has 0 unspecified atom stereocenters. The quantitative estimate of drug-likeness (QED) is 0.162. The average molecular weight is 615 g/mol. The summed E-state index contributed by atoms with van der Waals surface area (Å²) in [5.74, 6) is -2.51. The molecule has 3 rings (SSSR count).